The van der Waals surface area contributed by atoms with Gasteiger partial charge in [0.05, 0.1) is 11.8 Å². The second-order valence-electron chi connectivity index (χ2n) is 5.95. The summed E-state index contributed by atoms with van der Waals surface area (Å²) in [5, 5.41) is 9.13. The van der Waals surface area contributed by atoms with Gasteiger partial charge in [0.2, 0.25) is 5.91 Å². The van der Waals surface area contributed by atoms with Gasteiger partial charge in [-0.25, -0.2) is 0 Å². The summed E-state index contributed by atoms with van der Waals surface area (Å²) < 4.78 is 0. The zero-order chi connectivity index (χ0) is 14.3. The van der Waals surface area contributed by atoms with Crippen LogP contribution in [-0.2, 0) is 16.0 Å². The predicted molar refractivity (Wildman–Crippen MR) is 74.4 cm³/mol. The Morgan fingerprint density at radius 2 is 2.05 bits per heavy atom. The van der Waals surface area contributed by atoms with E-state index in [1.54, 1.807) is 0 Å². The van der Waals surface area contributed by atoms with Crippen LogP contribution in [0.2, 0.25) is 0 Å². The molecule has 3 atom stereocenters. The van der Waals surface area contributed by atoms with E-state index in [0.717, 1.165) is 12.0 Å². The minimum absolute atomic E-state index is 0.0141. The van der Waals surface area contributed by atoms with E-state index < -0.39 is 5.97 Å². The molecule has 1 amide bonds. The number of carboxylic acids is 1. The molecule has 0 bridgehead atoms. The fourth-order valence-corrected chi connectivity index (χ4v) is 3.41. The number of amides is 1. The van der Waals surface area contributed by atoms with Crippen LogP contribution in [0.5, 0.6) is 0 Å². The average Bonchev–Trinajstić information content (AvgIpc) is 2.39. The van der Waals surface area contributed by atoms with Gasteiger partial charge >= 0.3 is 5.97 Å². The number of aliphatic carboxylic acids is 1. The lowest BCUT2D eigenvalue weighted by molar-refractivity contribution is -0.148. The molecule has 0 spiro atoms. The van der Waals surface area contributed by atoms with Crippen molar-refractivity contribution in [2.75, 3.05) is 13.1 Å². The SMILES string of the molecule is CC1CN(C(=O)C2Cc3ccccc32)CCC1C(=O)O. The van der Waals surface area contributed by atoms with Crippen LogP contribution in [0, 0.1) is 11.8 Å². The quantitative estimate of drug-likeness (QED) is 0.895. The Morgan fingerprint density at radius 3 is 2.70 bits per heavy atom. The van der Waals surface area contributed by atoms with Crippen molar-refractivity contribution in [3.8, 4) is 0 Å². The summed E-state index contributed by atoms with van der Waals surface area (Å²) in [5.41, 5.74) is 2.41. The molecule has 1 saturated heterocycles. The van der Waals surface area contributed by atoms with Gasteiger partial charge in [0.15, 0.2) is 0 Å². The number of hydrogen-bond acceptors (Lipinski definition) is 2. The van der Waals surface area contributed by atoms with Crippen LogP contribution < -0.4 is 0 Å². The van der Waals surface area contributed by atoms with Crippen molar-refractivity contribution >= 4 is 11.9 Å². The van der Waals surface area contributed by atoms with E-state index in [1.165, 1.54) is 5.56 Å². The van der Waals surface area contributed by atoms with Crippen molar-refractivity contribution in [3.05, 3.63) is 35.4 Å². The Bertz CT molecular complexity index is 554. The zero-order valence-corrected chi connectivity index (χ0v) is 11.6. The highest BCUT2D eigenvalue weighted by atomic mass is 16.4. The number of rotatable bonds is 2. The Hall–Kier alpha value is -1.84. The monoisotopic (exact) mass is 273 g/mol. The van der Waals surface area contributed by atoms with Crippen LogP contribution in [0.4, 0.5) is 0 Å². The number of nitrogens with zero attached hydrogens (tertiary/aromatic N) is 1. The highest BCUT2D eigenvalue weighted by Gasteiger charge is 2.38. The largest absolute Gasteiger partial charge is 0.481 e. The molecule has 1 fully saturated rings. The van der Waals surface area contributed by atoms with Crippen LogP contribution in [0.1, 0.15) is 30.4 Å². The lowest BCUT2D eigenvalue weighted by Crippen LogP contribution is -2.48. The summed E-state index contributed by atoms with van der Waals surface area (Å²) in [7, 11) is 0. The third-order valence-electron chi connectivity index (χ3n) is 4.69. The highest BCUT2D eigenvalue weighted by Crippen LogP contribution is 2.37. The lowest BCUT2D eigenvalue weighted by Gasteiger charge is -2.39. The van der Waals surface area contributed by atoms with Gasteiger partial charge in [-0.3, -0.25) is 9.59 Å². The summed E-state index contributed by atoms with van der Waals surface area (Å²) in [5.74, 6) is -0.869. The van der Waals surface area contributed by atoms with E-state index in [-0.39, 0.29) is 23.7 Å². The fourth-order valence-electron chi connectivity index (χ4n) is 3.41. The first-order valence-corrected chi connectivity index (χ1v) is 7.17. The van der Waals surface area contributed by atoms with Crippen molar-refractivity contribution in [2.45, 2.75) is 25.7 Å². The maximum absolute atomic E-state index is 12.5. The Labute approximate surface area is 118 Å². The van der Waals surface area contributed by atoms with E-state index >= 15 is 0 Å². The highest BCUT2D eigenvalue weighted by molar-refractivity contribution is 5.87. The van der Waals surface area contributed by atoms with Crippen LogP contribution in [0.25, 0.3) is 0 Å². The summed E-state index contributed by atoms with van der Waals surface area (Å²) >= 11 is 0. The van der Waals surface area contributed by atoms with E-state index in [9.17, 15) is 9.59 Å². The number of carboxylic acid groups (broad SMARTS) is 1. The Balaban J connectivity index is 1.67. The molecular weight excluding hydrogens is 254 g/mol. The lowest BCUT2D eigenvalue weighted by atomic mass is 9.76. The third-order valence-corrected chi connectivity index (χ3v) is 4.69. The third kappa shape index (κ3) is 2.09. The van der Waals surface area contributed by atoms with Gasteiger partial charge in [0.25, 0.3) is 0 Å². The van der Waals surface area contributed by atoms with Crippen molar-refractivity contribution in [2.24, 2.45) is 11.8 Å². The minimum atomic E-state index is -0.737. The molecule has 1 aromatic rings. The Morgan fingerprint density at radius 1 is 1.30 bits per heavy atom. The van der Waals surface area contributed by atoms with Crippen LogP contribution in [0.15, 0.2) is 24.3 Å². The summed E-state index contributed by atoms with van der Waals surface area (Å²) in [6, 6.07) is 8.06. The second-order valence-corrected chi connectivity index (χ2v) is 5.95. The van der Waals surface area contributed by atoms with Gasteiger partial charge in [-0.15, -0.1) is 0 Å². The number of piperidine rings is 1. The summed E-state index contributed by atoms with van der Waals surface area (Å²) in [6.45, 7) is 3.06. The molecule has 2 aliphatic rings. The van der Waals surface area contributed by atoms with Crippen LogP contribution in [-0.4, -0.2) is 35.0 Å². The first kappa shape index (κ1) is 13.2. The number of carbonyl (C=O) groups is 2. The van der Waals surface area contributed by atoms with Gasteiger partial charge in [-0.1, -0.05) is 31.2 Å². The molecular formula is C16H19NO3. The molecule has 4 nitrogen and oxygen atoms in total. The molecule has 0 saturated carbocycles. The molecule has 106 valence electrons. The maximum Gasteiger partial charge on any atom is 0.306 e. The standard InChI is InChI=1S/C16H19NO3/c1-10-9-17(7-6-12(10)16(19)20)15(18)14-8-11-4-2-3-5-13(11)14/h2-5,10,12,14H,6-9H2,1H3,(H,19,20). The fraction of sp³-hybridized carbons (Fsp3) is 0.500. The van der Waals surface area contributed by atoms with Gasteiger partial charge in [0.1, 0.15) is 0 Å². The predicted octanol–water partition coefficient (Wildman–Crippen LogP) is 1.90. The molecule has 20 heavy (non-hydrogen) atoms. The minimum Gasteiger partial charge on any atom is -0.481 e. The molecule has 3 rings (SSSR count). The molecule has 1 aromatic carbocycles. The summed E-state index contributed by atoms with van der Waals surface area (Å²) in [4.78, 5) is 25.5. The van der Waals surface area contributed by atoms with Crippen molar-refractivity contribution in [1.82, 2.24) is 4.90 Å². The number of benzene rings is 1. The first-order chi connectivity index (χ1) is 9.58. The van der Waals surface area contributed by atoms with Gasteiger partial charge in [0, 0.05) is 13.1 Å². The first-order valence-electron chi connectivity index (χ1n) is 7.17. The number of carbonyl (C=O) groups excluding carboxylic acids is 1. The molecule has 1 heterocycles. The molecule has 1 N–H and O–H groups in total. The molecule has 3 unspecified atom stereocenters. The zero-order valence-electron chi connectivity index (χ0n) is 11.6. The maximum atomic E-state index is 12.5. The smallest absolute Gasteiger partial charge is 0.306 e. The van der Waals surface area contributed by atoms with Crippen molar-refractivity contribution in [3.63, 3.8) is 0 Å². The van der Waals surface area contributed by atoms with Crippen LogP contribution in [0.3, 0.4) is 0 Å². The number of likely N-dealkylation sites (tertiary alicyclic amines) is 1. The van der Waals surface area contributed by atoms with Crippen molar-refractivity contribution in [1.29, 1.82) is 0 Å². The van der Waals surface area contributed by atoms with Gasteiger partial charge in [-0.2, -0.15) is 0 Å². The molecule has 0 aromatic heterocycles. The van der Waals surface area contributed by atoms with Gasteiger partial charge in [-0.05, 0) is 29.9 Å². The average molecular weight is 273 g/mol. The Kier molecular flexibility index (Phi) is 3.24. The van der Waals surface area contributed by atoms with Crippen LogP contribution >= 0.6 is 0 Å². The van der Waals surface area contributed by atoms with E-state index in [4.69, 9.17) is 5.11 Å². The number of fused-ring (bicyclic) bond motifs is 1. The molecule has 1 aliphatic carbocycles. The number of hydrogen-bond donors (Lipinski definition) is 1. The topological polar surface area (TPSA) is 57.6 Å². The second kappa shape index (κ2) is 4.93. The van der Waals surface area contributed by atoms with E-state index in [0.29, 0.717) is 19.5 Å². The molecule has 4 heteroatoms. The molecule has 1 aliphatic heterocycles. The summed E-state index contributed by atoms with van der Waals surface area (Å²) in [6.07, 6.45) is 1.39. The van der Waals surface area contributed by atoms with E-state index in [2.05, 4.69) is 6.07 Å². The molecule has 0 radical (unpaired) electrons. The van der Waals surface area contributed by atoms with Gasteiger partial charge < -0.3 is 10.0 Å². The van der Waals surface area contributed by atoms with E-state index in [1.807, 2.05) is 30.0 Å². The normalized spacial score (nSPS) is 28.4. The van der Waals surface area contributed by atoms with Crippen molar-refractivity contribution < 1.29 is 14.7 Å².